The molecule has 0 radical (unpaired) electrons. The van der Waals surface area contributed by atoms with E-state index in [9.17, 15) is 18.3 Å². The minimum atomic E-state index is -4.77. The Morgan fingerprint density at radius 3 is 2.41 bits per heavy atom. The average Bonchev–Trinajstić information content (AvgIpc) is 2.25. The predicted octanol–water partition coefficient (Wildman–Crippen LogP) is 0.862. The lowest BCUT2D eigenvalue weighted by Gasteiger charge is -2.28. The van der Waals surface area contributed by atoms with Crippen molar-refractivity contribution in [2.75, 3.05) is 0 Å². The van der Waals surface area contributed by atoms with Crippen LogP contribution in [-0.2, 0) is 15.1 Å². The Morgan fingerprint density at radius 2 is 1.82 bits per heavy atom. The summed E-state index contributed by atoms with van der Waals surface area (Å²) in [6, 6.07) is 5.74. The maximum atomic E-state index is 11.8. The summed E-state index contributed by atoms with van der Waals surface area (Å²) in [6.45, 7) is 1.38. The predicted molar refractivity (Wildman–Crippen MR) is 60.0 cm³/mol. The van der Waals surface area contributed by atoms with Gasteiger partial charge in [-0.05, 0) is 18.6 Å². The van der Waals surface area contributed by atoms with Crippen LogP contribution in [0.4, 0.5) is 0 Å². The summed E-state index contributed by atoms with van der Waals surface area (Å²) >= 11 is 0. The van der Waals surface area contributed by atoms with Crippen LogP contribution < -0.4 is 0 Å². The number of Topliss-reactive ketones (excluding diaryl/α,β-unsaturated/α-hetero) is 1. The molecule has 0 aliphatic heterocycles. The fourth-order valence-corrected chi connectivity index (χ4v) is 2.64. The molecule has 0 aromatic heterocycles. The average molecular weight is 254 g/mol. The third kappa shape index (κ3) is 1.61. The minimum absolute atomic E-state index is 0.0730. The Kier molecular flexibility index (Phi) is 2.46. The van der Waals surface area contributed by atoms with Crippen molar-refractivity contribution < 1.29 is 22.9 Å². The van der Waals surface area contributed by atoms with E-state index in [2.05, 4.69) is 0 Å². The molecule has 17 heavy (non-hydrogen) atoms. The second-order valence-electron chi connectivity index (χ2n) is 3.87. The zero-order valence-electron chi connectivity index (χ0n) is 8.91. The molecule has 0 saturated carbocycles. The quantitative estimate of drug-likeness (QED) is 0.725. The van der Waals surface area contributed by atoms with Gasteiger partial charge in [0, 0.05) is 11.1 Å². The monoisotopic (exact) mass is 254 g/mol. The number of allylic oxidation sites excluding steroid dienone is 1. The molecule has 1 aliphatic carbocycles. The Bertz CT molecular complexity index is 629. The van der Waals surface area contributed by atoms with Crippen molar-refractivity contribution in [1.82, 2.24) is 0 Å². The van der Waals surface area contributed by atoms with E-state index in [0.717, 1.165) is 6.08 Å². The first kappa shape index (κ1) is 12.0. The Hall–Kier alpha value is -1.50. The smallest absolute Gasteiger partial charge is 0.303 e. The van der Waals surface area contributed by atoms with Crippen LogP contribution in [0, 0.1) is 0 Å². The molecule has 0 fully saturated rings. The molecular weight excluding hydrogens is 244 g/mol. The maximum absolute atomic E-state index is 11.8. The van der Waals surface area contributed by atoms with Crippen LogP contribution in [0.5, 0.6) is 0 Å². The van der Waals surface area contributed by atoms with E-state index < -0.39 is 15.1 Å². The Morgan fingerprint density at radius 1 is 1.24 bits per heavy atom. The summed E-state index contributed by atoms with van der Waals surface area (Å²) in [7, 11) is -4.77. The highest BCUT2D eigenvalue weighted by atomic mass is 32.2. The molecule has 1 aromatic carbocycles. The molecule has 2 rings (SSSR count). The third-order valence-electron chi connectivity index (χ3n) is 2.72. The number of ketones is 1. The number of benzene rings is 1. The summed E-state index contributed by atoms with van der Waals surface area (Å²) in [5, 5.41) is 10.1. The summed E-state index contributed by atoms with van der Waals surface area (Å²) in [5.74, 6) is -0.367. The molecule has 6 heteroatoms. The van der Waals surface area contributed by atoms with E-state index in [1.165, 1.54) is 25.1 Å². The molecule has 0 spiro atoms. The lowest BCUT2D eigenvalue weighted by Crippen LogP contribution is -2.38. The molecular formula is C11H10O5S. The number of aliphatic hydroxyl groups is 1. The van der Waals surface area contributed by atoms with Gasteiger partial charge in [-0.25, -0.2) is 0 Å². The summed E-state index contributed by atoms with van der Waals surface area (Å²) in [5.41, 5.74) is 0.0227. The number of hydrogen-bond donors (Lipinski definition) is 2. The van der Waals surface area contributed by atoms with Crippen molar-refractivity contribution in [2.24, 2.45) is 0 Å². The third-order valence-corrected chi connectivity index (χ3v) is 3.85. The number of carbonyl (C=O) groups is 1. The van der Waals surface area contributed by atoms with Gasteiger partial charge in [-0.15, -0.1) is 0 Å². The molecule has 1 aromatic rings. The van der Waals surface area contributed by atoms with Gasteiger partial charge in [0.25, 0.3) is 0 Å². The van der Waals surface area contributed by atoms with Gasteiger partial charge in [0.1, 0.15) is 0 Å². The van der Waals surface area contributed by atoms with E-state index in [1.807, 2.05) is 0 Å². The van der Waals surface area contributed by atoms with Gasteiger partial charge in [-0.2, -0.15) is 8.42 Å². The van der Waals surface area contributed by atoms with Crippen molar-refractivity contribution in [3.8, 4) is 0 Å². The van der Waals surface area contributed by atoms with E-state index in [-0.39, 0.29) is 22.5 Å². The van der Waals surface area contributed by atoms with Crippen molar-refractivity contribution in [3.05, 3.63) is 47.0 Å². The largest absolute Gasteiger partial charge is 0.366 e. The second-order valence-corrected chi connectivity index (χ2v) is 5.45. The van der Waals surface area contributed by atoms with Gasteiger partial charge in [0.15, 0.2) is 5.78 Å². The number of hydrogen-bond acceptors (Lipinski definition) is 4. The highest BCUT2D eigenvalue weighted by Gasteiger charge is 2.46. The highest BCUT2D eigenvalue weighted by molar-refractivity contribution is 7.86. The van der Waals surface area contributed by atoms with Crippen molar-refractivity contribution >= 4 is 15.9 Å². The zero-order valence-corrected chi connectivity index (χ0v) is 9.73. The van der Waals surface area contributed by atoms with Gasteiger partial charge in [-0.3, -0.25) is 9.35 Å². The lowest BCUT2D eigenvalue weighted by molar-refractivity contribution is 0.0999. The van der Waals surface area contributed by atoms with Gasteiger partial charge in [-0.1, -0.05) is 24.3 Å². The van der Waals surface area contributed by atoms with Crippen LogP contribution in [-0.4, -0.2) is 23.9 Å². The van der Waals surface area contributed by atoms with E-state index >= 15 is 0 Å². The molecule has 5 nitrogen and oxygen atoms in total. The topological polar surface area (TPSA) is 91.7 Å². The Balaban J connectivity index is 2.84. The SMILES string of the molecule is CC1=CC(O)(S(=O)(=O)O)c2ccccc2C1=O. The van der Waals surface area contributed by atoms with Gasteiger partial charge in [0.05, 0.1) is 0 Å². The van der Waals surface area contributed by atoms with Crippen LogP contribution in [0.1, 0.15) is 22.8 Å². The summed E-state index contributed by atoms with van der Waals surface area (Å²) < 4.78 is 31.7. The molecule has 0 saturated heterocycles. The van der Waals surface area contributed by atoms with Crippen LogP contribution in [0.3, 0.4) is 0 Å². The van der Waals surface area contributed by atoms with E-state index in [4.69, 9.17) is 4.55 Å². The normalized spacial score (nSPS) is 24.2. The van der Waals surface area contributed by atoms with Crippen molar-refractivity contribution in [3.63, 3.8) is 0 Å². The first-order valence-corrected chi connectivity index (χ1v) is 6.24. The minimum Gasteiger partial charge on any atom is -0.366 e. The van der Waals surface area contributed by atoms with Crippen LogP contribution in [0.2, 0.25) is 0 Å². The maximum Gasteiger partial charge on any atom is 0.303 e. The van der Waals surface area contributed by atoms with Gasteiger partial charge in [0.2, 0.25) is 4.93 Å². The fourth-order valence-electron chi connectivity index (χ4n) is 1.86. The van der Waals surface area contributed by atoms with Gasteiger partial charge < -0.3 is 5.11 Å². The summed E-state index contributed by atoms with van der Waals surface area (Å²) in [4.78, 5) is 9.22. The first-order valence-electron chi connectivity index (χ1n) is 4.80. The number of rotatable bonds is 1. The zero-order chi connectivity index (χ0) is 12.8. The highest BCUT2D eigenvalue weighted by Crippen LogP contribution is 2.36. The summed E-state index contributed by atoms with van der Waals surface area (Å²) in [6.07, 6.45) is 0.854. The lowest BCUT2D eigenvalue weighted by atomic mass is 9.89. The van der Waals surface area contributed by atoms with Crippen molar-refractivity contribution in [1.29, 1.82) is 0 Å². The molecule has 0 amide bonds. The first-order chi connectivity index (χ1) is 7.77. The molecule has 1 aliphatic rings. The molecule has 2 N–H and O–H groups in total. The van der Waals surface area contributed by atoms with Gasteiger partial charge >= 0.3 is 10.1 Å². The van der Waals surface area contributed by atoms with Crippen LogP contribution >= 0.6 is 0 Å². The molecule has 1 atom stereocenters. The molecule has 0 heterocycles. The van der Waals surface area contributed by atoms with Crippen LogP contribution in [0.25, 0.3) is 0 Å². The second kappa shape index (κ2) is 3.49. The van der Waals surface area contributed by atoms with E-state index in [1.54, 1.807) is 6.07 Å². The fraction of sp³-hybridized carbons (Fsp3) is 0.182. The van der Waals surface area contributed by atoms with E-state index in [0.29, 0.717) is 0 Å². The molecule has 1 unspecified atom stereocenters. The van der Waals surface area contributed by atoms with Crippen LogP contribution in [0.15, 0.2) is 35.9 Å². The number of carbonyl (C=O) groups excluding carboxylic acids is 1. The molecule has 90 valence electrons. The standard InChI is InChI=1S/C11H10O5S/c1-7-6-11(13,17(14,15)16)9-5-3-2-4-8(9)10(7)12/h2-6,13H,1H3,(H,14,15,16). The van der Waals surface area contributed by atoms with Crippen molar-refractivity contribution in [2.45, 2.75) is 11.9 Å². The molecule has 0 bridgehead atoms. The Labute approximate surface area is 98.1 Å². The number of fused-ring (bicyclic) bond motifs is 1.